The van der Waals surface area contributed by atoms with E-state index in [9.17, 15) is 0 Å². The van der Waals surface area contributed by atoms with E-state index in [0.29, 0.717) is 6.04 Å². The first-order chi connectivity index (χ1) is 9.70. The highest BCUT2D eigenvalue weighted by atomic mass is 15.1. The van der Waals surface area contributed by atoms with Crippen LogP contribution < -0.4 is 10.6 Å². The van der Waals surface area contributed by atoms with Gasteiger partial charge in [0, 0.05) is 11.6 Å². The standard InChI is InChI=1S/C18H40N2/c1-6-11-12-13-14-15-16-17(19-9-4)18(7-2,8-3)20-10-5/h17,19-20H,6-16H2,1-5H3. The Morgan fingerprint density at radius 2 is 1.35 bits per heavy atom. The van der Waals surface area contributed by atoms with E-state index in [0.717, 1.165) is 13.1 Å². The lowest BCUT2D eigenvalue weighted by Crippen LogP contribution is -2.59. The Labute approximate surface area is 128 Å². The molecule has 0 heterocycles. The molecule has 0 spiro atoms. The fraction of sp³-hybridized carbons (Fsp3) is 1.00. The third-order valence-corrected chi connectivity index (χ3v) is 4.75. The maximum Gasteiger partial charge on any atom is 0.0329 e. The van der Waals surface area contributed by atoms with Crippen LogP contribution in [0, 0.1) is 0 Å². The highest BCUT2D eigenvalue weighted by Gasteiger charge is 2.33. The summed E-state index contributed by atoms with van der Waals surface area (Å²) in [6.07, 6.45) is 12.1. The van der Waals surface area contributed by atoms with Crippen LogP contribution >= 0.6 is 0 Å². The van der Waals surface area contributed by atoms with Crippen LogP contribution in [-0.4, -0.2) is 24.7 Å². The Kier molecular flexibility index (Phi) is 12.6. The van der Waals surface area contributed by atoms with Gasteiger partial charge >= 0.3 is 0 Å². The van der Waals surface area contributed by atoms with Crippen molar-refractivity contribution in [2.75, 3.05) is 13.1 Å². The van der Waals surface area contributed by atoms with Gasteiger partial charge in [-0.15, -0.1) is 0 Å². The number of likely N-dealkylation sites (N-methyl/N-ethyl adjacent to an activating group) is 2. The van der Waals surface area contributed by atoms with Gasteiger partial charge in [-0.2, -0.15) is 0 Å². The minimum atomic E-state index is 0.286. The molecule has 1 atom stereocenters. The summed E-state index contributed by atoms with van der Waals surface area (Å²) >= 11 is 0. The molecule has 0 aromatic rings. The fourth-order valence-electron chi connectivity index (χ4n) is 3.42. The highest BCUT2D eigenvalue weighted by molar-refractivity contribution is 4.96. The maximum absolute atomic E-state index is 3.78. The van der Waals surface area contributed by atoms with Crippen molar-refractivity contribution in [3.8, 4) is 0 Å². The molecule has 1 unspecified atom stereocenters. The molecule has 2 heteroatoms. The van der Waals surface area contributed by atoms with Crippen molar-refractivity contribution < 1.29 is 0 Å². The van der Waals surface area contributed by atoms with Gasteiger partial charge in [0.15, 0.2) is 0 Å². The van der Waals surface area contributed by atoms with Crippen LogP contribution in [0.15, 0.2) is 0 Å². The van der Waals surface area contributed by atoms with Gasteiger partial charge in [-0.3, -0.25) is 0 Å². The number of rotatable bonds is 14. The molecule has 2 N–H and O–H groups in total. The third-order valence-electron chi connectivity index (χ3n) is 4.75. The molecular formula is C18H40N2. The summed E-state index contributed by atoms with van der Waals surface area (Å²) in [7, 11) is 0. The Morgan fingerprint density at radius 3 is 1.85 bits per heavy atom. The van der Waals surface area contributed by atoms with Crippen LogP contribution in [0.25, 0.3) is 0 Å². The van der Waals surface area contributed by atoms with Gasteiger partial charge in [0.1, 0.15) is 0 Å². The predicted molar refractivity (Wildman–Crippen MR) is 92.4 cm³/mol. The molecule has 122 valence electrons. The molecule has 0 aromatic carbocycles. The van der Waals surface area contributed by atoms with Crippen molar-refractivity contribution in [1.82, 2.24) is 10.6 Å². The van der Waals surface area contributed by atoms with E-state index in [-0.39, 0.29) is 5.54 Å². The summed E-state index contributed by atoms with van der Waals surface area (Å²) in [5.74, 6) is 0. The molecule has 20 heavy (non-hydrogen) atoms. The van der Waals surface area contributed by atoms with E-state index in [1.807, 2.05) is 0 Å². The van der Waals surface area contributed by atoms with Crippen LogP contribution in [0.4, 0.5) is 0 Å². The van der Waals surface area contributed by atoms with Crippen molar-refractivity contribution in [2.45, 2.75) is 104 Å². The van der Waals surface area contributed by atoms with Gasteiger partial charge in [0.25, 0.3) is 0 Å². The van der Waals surface area contributed by atoms with Crippen molar-refractivity contribution in [1.29, 1.82) is 0 Å². The molecule has 0 saturated heterocycles. The molecule has 0 fully saturated rings. The van der Waals surface area contributed by atoms with Crippen molar-refractivity contribution in [3.05, 3.63) is 0 Å². The summed E-state index contributed by atoms with van der Waals surface area (Å²) in [5, 5.41) is 7.53. The second-order valence-electron chi connectivity index (χ2n) is 6.06. The molecule has 0 aromatic heterocycles. The van der Waals surface area contributed by atoms with Gasteiger partial charge in [-0.1, -0.05) is 73.1 Å². The lowest BCUT2D eigenvalue weighted by molar-refractivity contribution is 0.206. The van der Waals surface area contributed by atoms with Crippen molar-refractivity contribution >= 4 is 0 Å². The summed E-state index contributed by atoms with van der Waals surface area (Å²) < 4.78 is 0. The number of hydrogen-bond acceptors (Lipinski definition) is 2. The number of unbranched alkanes of at least 4 members (excludes halogenated alkanes) is 5. The Balaban J connectivity index is 4.29. The average Bonchev–Trinajstić information content (AvgIpc) is 2.47. The molecule has 0 radical (unpaired) electrons. The molecule has 0 bridgehead atoms. The van der Waals surface area contributed by atoms with Crippen LogP contribution in [0.1, 0.15) is 92.4 Å². The Hall–Kier alpha value is -0.0800. The van der Waals surface area contributed by atoms with Crippen molar-refractivity contribution in [3.63, 3.8) is 0 Å². The summed E-state index contributed by atoms with van der Waals surface area (Å²) in [6.45, 7) is 13.6. The zero-order valence-corrected chi connectivity index (χ0v) is 14.9. The second-order valence-corrected chi connectivity index (χ2v) is 6.06. The zero-order valence-electron chi connectivity index (χ0n) is 14.9. The van der Waals surface area contributed by atoms with Gasteiger partial charge in [0.2, 0.25) is 0 Å². The monoisotopic (exact) mass is 284 g/mol. The average molecular weight is 285 g/mol. The predicted octanol–water partition coefficient (Wildman–Crippen LogP) is 4.88. The fourth-order valence-corrected chi connectivity index (χ4v) is 3.42. The minimum absolute atomic E-state index is 0.286. The highest BCUT2D eigenvalue weighted by Crippen LogP contribution is 2.24. The quantitative estimate of drug-likeness (QED) is 0.444. The van der Waals surface area contributed by atoms with Crippen LogP contribution in [0.2, 0.25) is 0 Å². The zero-order chi connectivity index (χ0) is 15.3. The largest absolute Gasteiger partial charge is 0.312 e. The smallest absolute Gasteiger partial charge is 0.0329 e. The van der Waals surface area contributed by atoms with Gasteiger partial charge in [-0.05, 0) is 32.4 Å². The molecule has 0 aliphatic rings. The van der Waals surface area contributed by atoms with Gasteiger partial charge < -0.3 is 10.6 Å². The first-order valence-corrected chi connectivity index (χ1v) is 9.19. The lowest BCUT2D eigenvalue weighted by atomic mass is 9.81. The molecule has 0 aliphatic carbocycles. The van der Waals surface area contributed by atoms with E-state index >= 15 is 0 Å². The minimum Gasteiger partial charge on any atom is -0.312 e. The molecule has 0 aliphatic heterocycles. The molecule has 0 saturated carbocycles. The maximum atomic E-state index is 3.78. The summed E-state index contributed by atoms with van der Waals surface area (Å²) in [6, 6.07) is 0.619. The third kappa shape index (κ3) is 7.08. The molecular weight excluding hydrogens is 244 g/mol. The summed E-state index contributed by atoms with van der Waals surface area (Å²) in [5.41, 5.74) is 0.286. The van der Waals surface area contributed by atoms with E-state index < -0.39 is 0 Å². The normalized spacial score (nSPS) is 13.7. The number of hydrogen-bond donors (Lipinski definition) is 2. The van der Waals surface area contributed by atoms with Crippen LogP contribution in [0.3, 0.4) is 0 Å². The van der Waals surface area contributed by atoms with Crippen LogP contribution in [0.5, 0.6) is 0 Å². The lowest BCUT2D eigenvalue weighted by Gasteiger charge is -2.41. The molecule has 0 rings (SSSR count). The molecule has 0 amide bonds. The second kappa shape index (κ2) is 12.6. The van der Waals surface area contributed by atoms with E-state index in [1.165, 1.54) is 57.8 Å². The molecule has 2 nitrogen and oxygen atoms in total. The first-order valence-electron chi connectivity index (χ1n) is 9.19. The van der Waals surface area contributed by atoms with E-state index in [2.05, 4.69) is 45.3 Å². The SMILES string of the molecule is CCCCCCCCC(NCC)C(CC)(CC)NCC. The van der Waals surface area contributed by atoms with Gasteiger partial charge in [0.05, 0.1) is 0 Å². The first kappa shape index (κ1) is 19.9. The Bertz CT molecular complexity index is 200. The van der Waals surface area contributed by atoms with E-state index in [4.69, 9.17) is 0 Å². The van der Waals surface area contributed by atoms with Crippen molar-refractivity contribution in [2.24, 2.45) is 0 Å². The summed E-state index contributed by atoms with van der Waals surface area (Å²) in [4.78, 5) is 0. The van der Waals surface area contributed by atoms with Crippen LogP contribution in [-0.2, 0) is 0 Å². The Morgan fingerprint density at radius 1 is 0.750 bits per heavy atom. The van der Waals surface area contributed by atoms with Gasteiger partial charge in [-0.25, -0.2) is 0 Å². The topological polar surface area (TPSA) is 24.1 Å². The van der Waals surface area contributed by atoms with E-state index in [1.54, 1.807) is 0 Å². The number of nitrogens with one attached hydrogen (secondary N) is 2.